The fourth-order valence-corrected chi connectivity index (χ4v) is 3.98. The molecule has 0 bridgehead atoms. The van der Waals surface area contributed by atoms with Crippen molar-refractivity contribution < 1.29 is 4.79 Å². The van der Waals surface area contributed by atoms with Crippen LogP contribution in [-0.2, 0) is 11.2 Å². The predicted octanol–water partition coefficient (Wildman–Crippen LogP) is 5.12. The molecule has 2 aromatic carbocycles. The van der Waals surface area contributed by atoms with Crippen LogP contribution in [0.5, 0.6) is 0 Å². The standard InChI is InChI=1S/C23H27N3O/c27-23(14-8-9-18-17-24-20-11-3-2-10-19(18)20)25-21-12-4-5-13-22(21)26-15-6-1-7-16-26/h2-5,10-13,17,24H,1,6-9,14-16H2,(H,25,27). The number of hydrogen-bond acceptors (Lipinski definition) is 2. The molecule has 3 aromatic rings. The summed E-state index contributed by atoms with van der Waals surface area (Å²) in [6.07, 6.45) is 8.12. The molecular weight excluding hydrogens is 334 g/mol. The number of rotatable bonds is 6. The quantitative estimate of drug-likeness (QED) is 0.640. The molecule has 140 valence electrons. The summed E-state index contributed by atoms with van der Waals surface area (Å²) >= 11 is 0. The van der Waals surface area contributed by atoms with E-state index in [0.29, 0.717) is 6.42 Å². The minimum atomic E-state index is 0.0966. The van der Waals surface area contributed by atoms with Crippen LogP contribution in [0.1, 0.15) is 37.7 Å². The highest BCUT2D eigenvalue weighted by molar-refractivity contribution is 5.94. The van der Waals surface area contributed by atoms with E-state index in [1.807, 2.05) is 18.2 Å². The summed E-state index contributed by atoms with van der Waals surface area (Å²) in [6.45, 7) is 2.15. The number of benzene rings is 2. The molecule has 1 aliphatic heterocycles. The fraction of sp³-hybridized carbons (Fsp3) is 0.348. The third-order valence-electron chi connectivity index (χ3n) is 5.40. The Morgan fingerprint density at radius 3 is 2.67 bits per heavy atom. The number of aromatic amines is 1. The first kappa shape index (κ1) is 17.7. The normalized spacial score (nSPS) is 14.4. The first-order valence-electron chi connectivity index (χ1n) is 10.00. The molecule has 1 aliphatic rings. The maximum Gasteiger partial charge on any atom is 0.224 e. The van der Waals surface area contributed by atoms with Crippen molar-refractivity contribution >= 4 is 28.2 Å². The number of para-hydroxylation sites is 3. The van der Waals surface area contributed by atoms with Crippen LogP contribution in [0.4, 0.5) is 11.4 Å². The van der Waals surface area contributed by atoms with Crippen LogP contribution >= 0.6 is 0 Å². The first-order valence-corrected chi connectivity index (χ1v) is 10.00. The van der Waals surface area contributed by atoms with Gasteiger partial charge in [-0.05, 0) is 55.9 Å². The molecule has 1 fully saturated rings. The molecule has 0 saturated carbocycles. The van der Waals surface area contributed by atoms with E-state index in [0.717, 1.165) is 42.8 Å². The van der Waals surface area contributed by atoms with E-state index >= 15 is 0 Å². The number of carbonyl (C=O) groups is 1. The average Bonchev–Trinajstić information content (AvgIpc) is 3.12. The lowest BCUT2D eigenvalue weighted by Gasteiger charge is -2.30. The maximum absolute atomic E-state index is 12.5. The number of carbonyl (C=O) groups excluding carboxylic acids is 1. The Kier molecular flexibility index (Phi) is 5.42. The van der Waals surface area contributed by atoms with Crippen molar-refractivity contribution in [1.82, 2.24) is 4.98 Å². The second kappa shape index (κ2) is 8.30. The van der Waals surface area contributed by atoms with E-state index < -0.39 is 0 Å². The van der Waals surface area contributed by atoms with Gasteiger partial charge in [0.1, 0.15) is 0 Å². The molecule has 0 unspecified atom stereocenters. The lowest BCUT2D eigenvalue weighted by Crippen LogP contribution is -2.30. The van der Waals surface area contributed by atoms with Gasteiger partial charge in [0.2, 0.25) is 5.91 Å². The molecule has 0 radical (unpaired) electrons. The molecule has 4 nitrogen and oxygen atoms in total. The molecule has 1 amide bonds. The molecular formula is C23H27N3O. The molecule has 2 N–H and O–H groups in total. The summed E-state index contributed by atoms with van der Waals surface area (Å²) in [4.78, 5) is 18.2. The van der Waals surface area contributed by atoms with Gasteiger partial charge < -0.3 is 15.2 Å². The number of anilines is 2. The SMILES string of the molecule is O=C(CCCc1c[nH]c2ccccc12)Nc1ccccc1N1CCCCC1. The number of piperidine rings is 1. The molecule has 0 aliphatic carbocycles. The Bertz CT molecular complexity index is 909. The predicted molar refractivity (Wildman–Crippen MR) is 112 cm³/mol. The Hall–Kier alpha value is -2.75. The summed E-state index contributed by atoms with van der Waals surface area (Å²) in [5.74, 6) is 0.0966. The fourth-order valence-electron chi connectivity index (χ4n) is 3.98. The number of nitrogens with one attached hydrogen (secondary N) is 2. The second-order valence-electron chi connectivity index (χ2n) is 7.33. The van der Waals surface area contributed by atoms with E-state index in [1.165, 1.54) is 30.2 Å². The molecule has 1 saturated heterocycles. The van der Waals surface area contributed by atoms with Crippen LogP contribution < -0.4 is 10.2 Å². The summed E-state index contributed by atoms with van der Waals surface area (Å²) in [5.41, 5.74) is 4.54. The van der Waals surface area contributed by atoms with Crippen molar-refractivity contribution in [2.45, 2.75) is 38.5 Å². The molecule has 0 atom stereocenters. The number of H-pyrrole nitrogens is 1. The maximum atomic E-state index is 12.5. The first-order chi connectivity index (χ1) is 13.3. The third-order valence-corrected chi connectivity index (χ3v) is 5.40. The van der Waals surface area contributed by atoms with Crippen LogP contribution in [0.25, 0.3) is 10.9 Å². The number of nitrogens with zero attached hydrogens (tertiary/aromatic N) is 1. The van der Waals surface area contributed by atoms with Gasteiger partial charge in [0.05, 0.1) is 11.4 Å². The zero-order valence-corrected chi connectivity index (χ0v) is 15.7. The topological polar surface area (TPSA) is 48.1 Å². The summed E-state index contributed by atoms with van der Waals surface area (Å²) in [5, 5.41) is 4.39. The Labute approximate surface area is 160 Å². The van der Waals surface area contributed by atoms with Gasteiger partial charge in [-0.15, -0.1) is 0 Å². The zero-order chi connectivity index (χ0) is 18.5. The average molecular weight is 361 g/mol. The molecule has 2 heterocycles. The number of aryl methyl sites for hydroxylation is 1. The molecule has 1 aromatic heterocycles. The number of hydrogen-bond donors (Lipinski definition) is 2. The Morgan fingerprint density at radius 1 is 1.00 bits per heavy atom. The Balaban J connectivity index is 1.34. The van der Waals surface area contributed by atoms with E-state index in [2.05, 4.69) is 51.7 Å². The number of fused-ring (bicyclic) bond motifs is 1. The highest BCUT2D eigenvalue weighted by Crippen LogP contribution is 2.28. The van der Waals surface area contributed by atoms with Crippen molar-refractivity contribution in [2.24, 2.45) is 0 Å². The number of amides is 1. The molecule has 4 heteroatoms. The second-order valence-corrected chi connectivity index (χ2v) is 7.33. The van der Waals surface area contributed by atoms with Gasteiger partial charge in [-0.2, -0.15) is 0 Å². The van der Waals surface area contributed by atoms with E-state index in [4.69, 9.17) is 0 Å². The van der Waals surface area contributed by atoms with Gasteiger partial charge >= 0.3 is 0 Å². The van der Waals surface area contributed by atoms with Crippen LogP contribution in [0.15, 0.2) is 54.7 Å². The van der Waals surface area contributed by atoms with Crippen molar-refractivity contribution in [3.8, 4) is 0 Å². The van der Waals surface area contributed by atoms with Gasteiger partial charge in [-0.3, -0.25) is 4.79 Å². The highest BCUT2D eigenvalue weighted by Gasteiger charge is 2.15. The smallest absolute Gasteiger partial charge is 0.224 e. The van der Waals surface area contributed by atoms with Crippen LogP contribution in [0.3, 0.4) is 0 Å². The minimum absolute atomic E-state index is 0.0966. The lowest BCUT2D eigenvalue weighted by atomic mass is 10.1. The van der Waals surface area contributed by atoms with Gasteiger partial charge in [0.15, 0.2) is 0 Å². The zero-order valence-electron chi connectivity index (χ0n) is 15.7. The van der Waals surface area contributed by atoms with Crippen molar-refractivity contribution in [1.29, 1.82) is 0 Å². The van der Waals surface area contributed by atoms with Crippen LogP contribution in [0, 0.1) is 0 Å². The lowest BCUT2D eigenvalue weighted by molar-refractivity contribution is -0.116. The van der Waals surface area contributed by atoms with Crippen LogP contribution in [0.2, 0.25) is 0 Å². The van der Waals surface area contributed by atoms with E-state index in [1.54, 1.807) is 0 Å². The summed E-state index contributed by atoms with van der Waals surface area (Å²) in [7, 11) is 0. The summed E-state index contributed by atoms with van der Waals surface area (Å²) in [6, 6.07) is 16.5. The molecule has 4 rings (SSSR count). The van der Waals surface area contributed by atoms with Gasteiger partial charge in [0.25, 0.3) is 0 Å². The van der Waals surface area contributed by atoms with Crippen molar-refractivity contribution in [2.75, 3.05) is 23.3 Å². The van der Waals surface area contributed by atoms with Gasteiger partial charge in [-0.1, -0.05) is 30.3 Å². The highest BCUT2D eigenvalue weighted by atomic mass is 16.1. The number of aromatic nitrogens is 1. The largest absolute Gasteiger partial charge is 0.370 e. The molecule has 27 heavy (non-hydrogen) atoms. The Morgan fingerprint density at radius 2 is 1.78 bits per heavy atom. The van der Waals surface area contributed by atoms with Crippen molar-refractivity contribution in [3.05, 3.63) is 60.3 Å². The summed E-state index contributed by atoms with van der Waals surface area (Å²) < 4.78 is 0. The van der Waals surface area contributed by atoms with Crippen molar-refractivity contribution in [3.63, 3.8) is 0 Å². The van der Waals surface area contributed by atoms with Gasteiger partial charge in [0, 0.05) is 36.6 Å². The van der Waals surface area contributed by atoms with E-state index in [9.17, 15) is 4.79 Å². The van der Waals surface area contributed by atoms with Crippen LogP contribution in [-0.4, -0.2) is 24.0 Å². The minimum Gasteiger partial charge on any atom is -0.370 e. The monoisotopic (exact) mass is 361 g/mol. The third kappa shape index (κ3) is 4.16. The molecule has 0 spiro atoms. The van der Waals surface area contributed by atoms with Gasteiger partial charge in [-0.25, -0.2) is 0 Å². The van der Waals surface area contributed by atoms with E-state index in [-0.39, 0.29) is 5.91 Å².